The SMILES string of the molecule is C=Cc1c(C2CCC3(CC2)OCCO3)ccc(F)c1N=C. The summed E-state index contributed by atoms with van der Waals surface area (Å²) in [6.07, 6.45) is 5.35. The van der Waals surface area contributed by atoms with Crippen LogP contribution in [0.15, 0.2) is 23.7 Å². The molecule has 1 aliphatic carbocycles. The van der Waals surface area contributed by atoms with Crippen molar-refractivity contribution in [3.05, 3.63) is 35.7 Å². The van der Waals surface area contributed by atoms with Crippen molar-refractivity contribution in [1.82, 2.24) is 0 Å². The Balaban J connectivity index is 1.85. The molecule has 2 fully saturated rings. The average Bonchev–Trinajstić information content (AvgIpc) is 2.96. The van der Waals surface area contributed by atoms with Crippen LogP contribution in [0, 0.1) is 5.82 Å². The van der Waals surface area contributed by atoms with Crippen LogP contribution in [0.3, 0.4) is 0 Å². The predicted molar refractivity (Wildman–Crippen MR) is 81.5 cm³/mol. The molecule has 1 heterocycles. The average molecular weight is 289 g/mol. The molecule has 4 heteroatoms. The lowest BCUT2D eigenvalue weighted by Gasteiger charge is -2.36. The zero-order chi connectivity index (χ0) is 14.9. The third-order valence-corrected chi connectivity index (χ3v) is 4.56. The van der Waals surface area contributed by atoms with Gasteiger partial charge >= 0.3 is 0 Å². The first-order valence-corrected chi connectivity index (χ1v) is 7.38. The second-order valence-electron chi connectivity index (χ2n) is 5.64. The summed E-state index contributed by atoms with van der Waals surface area (Å²) in [5, 5.41) is 0. The quantitative estimate of drug-likeness (QED) is 0.781. The van der Waals surface area contributed by atoms with Crippen molar-refractivity contribution in [3.63, 3.8) is 0 Å². The maximum absolute atomic E-state index is 13.8. The fraction of sp³-hybridized carbons (Fsp3) is 0.471. The Kier molecular flexibility index (Phi) is 3.91. The summed E-state index contributed by atoms with van der Waals surface area (Å²) in [5.74, 6) is -0.361. The maximum Gasteiger partial charge on any atom is 0.168 e. The molecule has 0 atom stereocenters. The van der Waals surface area contributed by atoms with E-state index in [-0.39, 0.29) is 11.6 Å². The van der Waals surface area contributed by atoms with Crippen molar-refractivity contribution in [2.75, 3.05) is 13.2 Å². The Hall–Kier alpha value is -1.52. The molecule has 1 saturated heterocycles. The first-order valence-electron chi connectivity index (χ1n) is 7.38. The van der Waals surface area contributed by atoms with Gasteiger partial charge in [0.2, 0.25) is 0 Å². The van der Waals surface area contributed by atoms with E-state index in [1.807, 2.05) is 6.07 Å². The van der Waals surface area contributed by atoms with Gasteiger partial charge in [-0.25, -0.2) is 4.39 Å². The molecule has 2 aliphatic rings. The van der Waals surface area contributed by atoms with Crippen LogP contribution in [0.2, 0.25) is 0 Å². The van der Waals surface area contributed by atoms with Gasteiger partial charge in [0, 0.05) is 18.4 Å². The second kappa shape index (κ2) is 5.70. The van der Waals surface area contributed by atoms with Crippen molar-refractivity contribution in [2.45, 2.75) is 37.4 Å². The molecule has 1 aliphatic heterocycles. The number of rotatable bonds is 3. The lowest BCUT2D eigenvalue weighted by atomic mass is 9.79. The summed E-state index contributed by atoms with van der Waals surface area (Å²) in [4.78, 5) is 3.82. The zero-order valence-corrected chi connectivity index (χ0v) is 12.1. The van der Waals surface area contributed by atoms with E-state index >= 15 is 0 Å². The molecule has 0 unspecified atom stereocenters. The van der Waals surface area contributed by atoms with E-state index in [0.717, 1.165) is 36.8 Å². The van der Waals surface area contributed by atoms with Gasteiger partial charge in [-0.15, -0.1) is 0 Å². The lowest BCUT2D eigenvalue weighted by molar-refractivity contribution is -0.178. The summed E-state index contributed by atoms with van der Waals surface area (Å²) < 4.78 is 25.3. The van der Waals surface area contributed by atoms with Crippen LogP contribution >= 0.6 is 0 Å². The number of nitrogens with zero attached hydrogens (tertiary/aromatic N) is 1. The van der Waals surface area contributed by atoms with Crippen molar-refractivity contribution in [1.29, 1.82) is 0 Å². The minimum atomic E-state index is -0.371. The molecule has 0 N–H and O–H groups in total. The largest absolute Gasteiger partial charge is 0.348 e. The summed E-state index contributed by atoms with van der Waals surface area (Å²) in [6, 6.07) is 3.32. The topological polar surface area (TPSA) is 30.8 Å². The molecule has 0 radical (unpaired) electrons. The molecular formula is C17H20FNO2. The normalized spacial score (nSPS) is 21.6. The smallest absolute Gasteiger partial charge is 0.168 e. The number of ether oxygens (including phenoxy) is 2. The molecular weight excluding hydrogens is 269 g/mol. The van der Waals surface area contributed by atoms with Crippen LogP contribution in [-0.2, 0) is 9.47 Å². The Morgan fingerprint density at radius 3 is 2.48 bits per heavy atom. The Bertz CT molecular complexity index is 554. The summed E-state index contributed by atoms with van der Waals surface area (Å²) in [5.41, 5.74) is 2.16. The van der Waals surface area contributed by atoms with E-state index in [2.05, 4.69) is 18.3 Å². The monoisotopic (exact) mass is 289 g/mol. The van der Waals surface area contributed by atoms with Gasteiger partial charge < -0.3 is 9.47 Å². The molecule has 3 rings (SSSR count). The van der Waals surface area contributed by atoms with Crippen molar-refractivity contribution >= 4 is 18.5 Å². The predicted octanol–water partition coefficient (Wildman–Crippen LogP) is 4.20. The highest BCUT2D eigenvalue weighted by Crippen LogP contribution is 2.44. The Labute approximate surface area is 124 Å². The maximum atomic E-state index is 13.8. The number of aliphatic imine (C=N–C) groups is 1. The van der Waals surface area contributed by atoms with E-state index in [9.17, 15) is 4.39 Å². The molecule has 112 valence electrons. The molecule has 0 aromatic heterocycles. The third kappa shape index (κ3) is 2.54. The highest BCUT2D eigenvalue weighted by Gasteiger charge is 2.40. The number of benzene rings is 1. The Morgan fingerprint density at radius 1 is 1.24 bits per heavy atom. The van der Waals surface area contributed by atoms with E-state index in [0.29, 0.717) is 24.8 Å². The molecule has 21 heavy (non-hydrogen) atoms. The van der Waals surface area contributed by atoms with Crippen LogP contribution < -0.4 is 0 Å². The van der Waals surface area contributed by atoms with Crippen molar-refractivity contribution < 1.29 is 13.9 Å². The van der Waals surface area contributed by atoms with Gasteiger partial charge in [-0.05, 0) is 37.1 Å². The van der Waals surface area contributed by atoms with Gasteiger partial charge in [0.1, 0.15) is 11.5 Å². The van der Waals surface area contributed by atoms with Crippen molar-refractivity contribution in [2.24, 2.45) is 4.99 Å². The van der Waals surface area contributed by atoms with Gasteiger partial charge in [0.05, 0.1) is 13.2 Å². The van der Waals surface area contributed by atoms with Gasteiger partial charge in [-0.2, -0.15) is 0 Å². The lowest BCUT2D eigenvalue weighted by Crippen LogP contribution is -2.34. The molecule has 3 nitrogen and oxygen atoms in total. The van der Waals surface area contributed by atoms with E-state index in [1.54, 1.807) is 6.08 Å². The standard InChI is InChI=1S/C17H20FNO2/c1-3-13-14(4-5-15(18)16(13)19-2)12-6-8-17(9-7-12)20-10-11-21-17/h3-5,12H,1-2,6-11H2. The fourth-order valence-electron chi connectivity index (χ4n) is 3.48. The molecule has 0 bridgehead atoms. The van der Waals surface area contributed by atoms with E-state index in [1.165, 1.54) is 6.07 Å². The van der Waals surface area contributed by atoms with Crippen LogP contribution in [0.25, 0.3) is 6.08 Å². The second-order valence-corrected chi connectivity index (χ2v) is 5.64. The molecule has 1 aromatic carbocycles. The van der Waals surface area contributed by atoms with Crippen molar-refractivity contribution in [3.8, 4) is 0 Å². The molecule has 1 aromatic rings. The number of halogens is 1. The highest BCUT2D eigenvalue weighted by atomic mass is 19.1. The minimum absolute atomic E-state index is 0.302. The number of hydrogen-bond donors (Lipinski definition) is 0. The first kappa shape index (κ1) is 14.4. The minimum Gasteiger partial charge on any atom is -0.348 e. The van der Waals surface area contributed by atoms with Crippen LogP contribution in [-0.4, -0.2) is 25.7 Å². The van der Waals surface area contributed by atoms with Crippen LogP contribution in [0.4, 0.5) is 10.1 Å². The van der Waals surface area contributed by atoms with Crippen LogP contribution in [0.5, 0.6) is 0 Å². The summed E-state index contributed by atoms with van der Waals surface area (Å²) in [7, 11) is 0. The summed E-state index contributed by atoms with van der Waals surface area (Å²) >= 11 is 0. The van der Waals surface area contributed by atoms with Gasteiger partial charge in [-0.3, -0.25) is 4.99 Å². The van der Waals surface area contributed by atoms with Crippen LogP contribution in [0.1, 0.15) is 42.7 Å². The molecule has 1 saturated carbocycles. The highest BCUT2D eigenvalue weighted by molar-refractivity contribution is 5.69. The summed E-state index contributed by atoms with van der Waals surface area (Å²) in [6.45, 7) is 8.64. The van der Waals surface area contributed by atoms with E-state index in [4.69, 9.17) is 9.47 Å². The van der Waals surface area contributed by atoms with E-state index < -0.39 is 0 Å². The van der Waals surface area contributed by atoms with Gasteiger partial charge in [0.25, 0.3) is 0 Å². The third-order valence-electron chi connectivity index (χ3n) is 4.56. The van der Waals surface area contributed by atoms with Gasteiger partial charge in [-0.1, -0.05) is 18.7 Å². The Morgan fingerprint density at radius 2 is 1.90 bits per heavy atom. The zero-order valence-electron chi connectivity index (χ0n) is 12.1. The molecule has 0 amide bonds. The molecule has 1 spiro atoms. The fourth-order valence-corrected chi connectivity index (χ4v) is 3.48. The number of hydrogen-bond acceptors (Lipinski definition) is 3. The first-order chi connectivity index (χ1) is 10.2. The van der Waals surface area contributed by atoms with Gasteiger partial charge in [0.15, 0.2) is 5.79 Å².